The molecule has 1 aromatic carbocycles. The first kappa shape index (κ1) is 13.9. The Morgan fingerprint density at radius 3 is 2.82 bits per heavy atom. The molecule has 0 unspecified atom stereocenters. The minimum atomic E-state index is -0.784. The Bertz CT molecular complexity index is 737. The SMILES string of the molecule is NC(=O)N/N=C(\C[C@H]1OC(=O)c2ccccc21)c1ccco1. The molecule has 7 nitrogen and oxygen atoms in total. The van der Waals surface area contributed by atoms with E-state index in [0.717, 1.165) is 5.56 Å². The van der Waals surface area contributed by atoms with Crippen LogP contribution in [0.1, 0.15) is 34.2 Å². The molecule has 22 heavy (non-hydrogen) atoms. The zero-order valence-electron chi connectivity index (χ0n) is 11.5. The Kier molecular flexibility index (Phi) is 3.61. The number of hydrogen-bond acceptors (Lipinski definition) is 5. The van der Waals surface area contributed by atoms with Gasteiger partial charge < -0.3 is 14.9 Å². The summed E-state index contributed by atoms with van der Waals surface area (Å²) in [6.45, 7) is 0. The molecule has 0 spiro atoms. The van der Waals surface area contributed by atoms with Gasteiger partial charge in [0.15, 0.2) is 0 Å². The molecule has 2 heterocycles. The van der Waals surface area contributed by atoms with Crippen LogP contribution in [0.15, 0.2) is 52.2 Å². The van der Waals surface area contributed by atoms with E-state index in [9.17, 15) is 9.59 Å². The molecule has 112 valence electrons. The number of primary amides is 1. The number of rotatable bonds is 4. The van der Waals surface area contributed by atoms with Crippen LogP contribution in [0.3, 0.4) is 0 Å². The van der Waals surface area contributed by atoms with Crippen LogP contribution in [-0.2, 0) is 4.74 Å². The summed E-state index contributed by atoms with van der Waals surface area (Å²) in [5.41, 5.74) is 8.95. The standard InChI is InChI=1S/C15H13N3O4/c16-15(20)18-17-11(12-6-3-7-21-12)8-13-9-4-1-2-5-10(9)14(19)22-13/h1-7,13H,8H2,(H3,16,18,20)/b17-11+/t13-/m1/s1. The average molecular weight is 299 g/mol. The summed E-state index contributed by atoms with van der Waals surface area (Å²) >= 11 is 0. The minimum Gasteiger partial charge on any atom is -0.463 e. The van der Waals surface area contributed by atoms with Crippen molar-refractivity contribution < 1.29 is 18.7 Å². The number of nitrogens with zero attached hydrogens (tertiary/aromatic N) is 1. The molecule has 0 saturated carbocycles. The number of cyclic esters (lactones) is 1. The van der Waals surface area contributed by atoms with Crippen molar-refractivity contribution in [1.82, 2.24) is 5.43 Å². The lowest BCUT2D eigenvalue weighted by atomic mass is 10.0. The number of hydrazone groups is 1. The normalized spacial score (nSPS) is 17.0. The van der Waals surface area contributed by atoms with Gasteiger partial charge in [-0.3, -0.25) is 0 Å². The van der Waals surface area contributed by atoms with Gasteiger partial charge in [0.2, 0.25) is 0 Å². The fourth-order valence-electron chi connectivity index (χ4n) is 2.31. The van der Waals surface area contributed by atoms with Crippen molar-refractivity contribution >= 4 is 17.7 Å². The van der Waals surface area contributed by atoms with E-state index in [-0.39, 0.29) is 12.4 Å². The van der Waals surface area contributed by atoms with Crippen LogP contribution in [0, 0.1) is 0 Å². The Morgan fingerprint density at radius 2 is 2.09 bits per heavy atom. The predicted molar refractivity (Wildman–Crippen MR) is 77.2 cm³/mol. The highest BCUT2D eigenvalue weighted by Gasteiger charge is 2.32. The lowest BCUT2D eigenvalue weighted by Gasteiger charge is -2.11. The topological polar surface area (TPSA) is 107 Å². The summed E-state index contributed by atoms with van der Waals surface area (Å²) in [5, 5.41) is 3.93. The number of carbonyl (C=O) groups is 2. The third kappa shape index (κ3) is 2.69. The first-order chi connectivity index (χ1) is 10.6. The smallest absolute Gasteiger partial charge is 0.339 e. The second-order valence-electron chi connectivity index (χ2n) is 4.70. The van der Waals surface area contributed by atoms with Gasteiger partial charge >= 0.3 is 12.0 Å². The number of nitrogens with one attached hydrogen (secondary N) is 1. The maximum absolute atomic E-state index is 11.8. The van der Waals surface area contributed by atoms with Crippen LogP contribution < -0.4 is 11.2 Å². The van der Waals surface area contributed by atoms with Crippen molar-refractivity contribution in [3.63, 3.8) is 0 Å². The Labute approximate surface area is 125 Å². The number of nitrogens with two attached hydrogens (primary N) is 1. The van der Waals surface area contributed by atoms with E-state index in [4.69, 9.17) is 14.9 Å². The quantitative estimate of drug-likeness (QED) is 0.511. The van der Waals surface area contributed by atoms with E-state index < -0.39 is 12.1 Å². The number of hydrogen-bond donors (Lipinski definition) is 2. The number of esters is 1. The average Bonchev–Trinajstić information content (AvgIpc) is 3.13. The lowest BCUT2D eigenvalue weighted by molar-refractivity contribution is 0.0400. The zero-order chi connectivity index (χ0) is 15.5. The molecule has 2 amide bonds. The molecule has 1 atom stereocenters. The molecule has 1 aromatic heterocycles. The van der Waals surface area contributed by atoms with E-state index in [1.165, 1.54) is 6.26 Å². The molecule has 7 heteroatoms. The number of fused-ring (bicyclic) bond motifs is 1. The Morgan fingerprint density at radius 1 is 1.27 bits per heavy atom. The molecule has 0 radical (unpaired) electrons. The number of carbonyl (C=O) groups excluding carboxylic acids is 2. The molecule has 0 saturated heterocycles. The number of ether oxygens (including phenoxy) is 1. The van der Waals surface area contributed by atoms with E-state index in [1.807, 2.05) is 12.1 Å². The van der Waals surface area contributed by atoms with E-state index in [1.54, 1.807) is 24.3 Å². The lowest BCUT2D eigenvalue weighted by Crippen LogP contribution is -2.26. The molecule has 2 aromatic rings. The van der Waals surface area contributed by atoms with Crippen LogP contribution in [0.25, 0.3) is 0 Å². The molecule has 0 bridgehead atoms. The second-order valence-corrected chi connectivity index (χ2v) is 4.70. The molecular formula is C15H13N3O4. The fraction of sp³-hybridized carbons (Fsp3) is 0.133. The summed E-state index contributed by atoms with van der Waals surface area (Å²) in [6, 6.07) is 9.76. The molecule has 0 fully saturated rings. The summed E-state index contributed by atoms with van der Waals surface area (Å²) in [4.78, 5) is 22.7. The molecule has 1 aliphatic heterocycles. The van der Waals surface area contributed by atoms with Crippen LogP contribution in [0.4, 0.5) is 4.79 Å². The van der Waals surface area contributed by atoms with E-state index in [2.05, 4.69) is 10.5 Å². The third-order valence-corrected chi connectivity index (χ3v) is 3.26. The molecule has 3 N–H and O–H groups in total. The Hall–Kier alpha value is -3.09. The van der Waals surface area contributed by atoms with Crippen LogP contribution in [0.5, 0.6) is 0 Å². The summed E-state index contributed by atoms with van der Waals surface area (Å²) in [6.07, 6.45) is 1.27. The van der Waals surface area contributed by atoms with Crippen molar-refractivity contribution in [2.24, 2.45) is 10.8 Å². The van der Waals surface area contributed by atoms with Gasteiger partial charge in [-0.25, -0.2) is 15.0 Å². The van der Waals surface area contributed by atoms with Crippen LogP contribution >= 0.6 is 0 Å². The second kappa shape index (κ2) is 5.72. The third-order valence-electron chi connectivity index (χ3n) is 3.26. The highest BCUT2D eigenvalue weighted by molar-refractivity contribution is 6.00. The highest BCUT2D eigenvalue weighted by Crippen LogP contribution is 2.33. The maximum Gasteiger partial charge on any atom is 0.339 e. The first-order valence-electron chi connectivity index (χ1n) is 6.61. The van der Waals surface area contributed by atoms with Crippen molar-refractivity contribution in [2.45, 2.75) is 12.5 Å². The van der Waals surface area contributed by atoms with Crippen LogP contribution in [-0.4, -0.2) is 17.7 Å². The number of urea groups is 1. The van der Waals surface area contributed by atoms with E-state index in [0.29, 0.717) is 17.0 Å². The van der Waals surface area contributed by atoms with Gasteiger partial charge in [0.25, 0.3) is 0 Å². The van der Waals surface area contributed by atoms with E-state index >= 15 is 0 Å². The van der Waals surface area contributed by atoms with Crippen molar-refractivity contribution in [1.29, 1.82) is 0 Å². The number of benzene rings is 1. The molecular weight excluding hydrogens is 286 g/mol. The number of furan rings is 1. The predicted octanol–water partition coefficient (Wildman–Crippen LogP) is 1.95. The molecule has 3 rings (SSSR count). The summed E-state index contributed by atoms with van der Waals surface area (Å²) < 4.78 is 10.7. The molecule has 0 aliphatic carbocycles. The van der Waals surface area contributed by atoms with Gasteiger partial charge in [-0.2, -0.15) is 5.10 Å². The maximum atomic E-state index is 11.8. The van der Waals surface area contributed by atoms with Crippen molar-refractivity contribution in [2.75, 3.05) is 0 Å². The van der Waals surface area contributed by atoms with Crippen LogP contribution in [0.2, 0.25) is 0 Å². The monoisotopic (exact) mass is 299 g/mol. The summed E-state index contributed by atoms with van der Waals surface area (Å²) in [5.74, 6) is 0.0939. The van der Waals surface area contributed by atoms with Gasteiger partial charge in [-0.05, 0) is 18.2 Å². The Balaban J connectivity index is 1.87. The number of amides is 2. The van der Waals surface area contributed by atoms with Gasteiger partial charge in [0.1, 0.15) is 17.6 Å². The minimum absolute atomic E-state index is 0.260. The van der Waals surface area contributed by atoms with Crippen molar-refractivity contribution in [3.05, 3.63) is 59.5 Å². The zero-order valence-corrected chi connectivity index (χ0v) is 11.5. The largest absolute Gasteiger partial charge is 0.463 e. The highest BCUT2D eigenvalue weighted by atomic mass is 16.5. The molecule has 1 aliphatic rings. The van der Waals surface area contributed by atoms with Gasteiger partial charge in [-0.1, -0.05) is 18.2 Å². The van der Waals surface area contributed by atoms with Gasteiger partial charge in [0.05, 0.1) is 11.8 Å². The van der Waals surface area contributed by atoms with Gasteiger partial charge in [0, 0.05) is 12.0 Å². The van der Waals surface area contributed by atoms with Gasteiger partial charge in [-0.15, -0.1) is 0 Å². The van der Waals surface area contributed by atoms with Crippen molar-refractivity contribution in [3.8, 4) is 0 Å². The first-order valence-corrected chi connectivity index (χ1v) is 6.61. The fourth-order valence-corrected chi connectivity index (χ4v) is 2.31. The summed E-state index contributed by atoms with van der Waals surface area (Å²) in [7, 11) is 0.